The van der Waals surface area contributed by atoms with Crippen molar-refractivity contribution in [2.24, 2.45) is 17.1 Å². The second-order valence-corrected chi connectivity index (χ2v) is 7.07. The van der Waals surface area contributed by atoms with E-state index in [-0.39, 0.29) is 5.54 Å². The first-order chi connectivity index (χ1) is 7.79. The van der Waals surface area contributed by atoms with E-state index in [9.17, 15) is 0 Å². The lowest BCUT2D eigenvalue weighted by molar-refractivity contribution is 0.0851. The summed E-state index contributed by atoms with van der Waals surface area (Å²) in [5.74, 6) is 0.772. The number of rotatable bonds is 5. The zero-order chi connectivity index (χ0) is 13.1. The Morgan fingerprint density at radius 3 is 2.41 bits per heavy atom. The van der Waals surface area contributed by atoms with E-state index in [0.29, 0.717) is 5.41 Å². The van der Waals surface area contributed by atoms with Crippen molar-refractivity contribution < 1.29 is 0 Å². The molecule has 1 saturated carbocycles. The molecule has 1 rings (SSSR count). The van der Waals surface area contributed by atoms with Crippen LogP contribution in [0.25, 0.3) is 0 Å². The quantitative estimate of drug-likeness (QED) is 0.769. The highest BCUT2D eigenvalue weighted by Crippen LogP contribution is 2.43. The normalized spacial score (nSPS) is 33.0. The Hall–Kier alpha value is -0.120. The molecule has 0 bridgehead atoms. The Morgan fingerprint density at radius 1 is 1.29 bits per heavy atom. The summed E-state index contributed by atoms with van der Waals surface area (Å²) in [5.41, 5.74) is 6.65. The van der Waals surface area contributed by atoms with Crippen molar-refractivity contribution in [3.05, 3.63) is 0 Å². The molecule has 0 aromatic heterocycles. The minimum Gasteiger partial charge on any atom is -0.329 e. The van der Waals surface area contributed by atoms with Crippen LogP contribution in [0, 0.1) is 11.3 Å². The summed E-state index contributed by atoms with van der Waals surface area (Å²) in [4.78, 5) is 2.22. The number of likely N-dealkylation sites (N-methyl/N-ethyl adjacent to an activating group) is 1. The number of nitrogens with two attached hydrogens (primary N) is 1. The first-order valence-corrected chi connectivity index (χ1v) is 6.88. The van der Waals surface area contributed by atoms with Gasteiger partial charge in [0.15, 0.2) is 0 Å². The predicted molar refractivity (Wildman–Crippen MR) is 75.1 cm³/mol. The number of hydrogen-bond donors (Lipinski definition) is 2. The zero-order valence-corrected chi connectivity index (χ0v) is 12.3. The van der Waals surface area contributed by atoms with Crippen LogP contribution in [0.3, 0.4) is 0 Å². The van der Waals surface area contributed by atoms with Gasteiger partial charge in [-0.1, -0.05) is 20.8 Å². The number of nitrogens with one attached hydrogen (secondary N) is 1. The van der Waals surface area contributed by atoms with E-state index in [1.54, 1.807) is 0 Å². The molecule has 0 aromatic carbocycles. The highest BCUT2D eigenvalue weighted by molar-refractivity contribution is 4.99. The maximum Gasteiger partial charge on any atom is 0.0312 e. The molecule has 0 aromatic rings. The third-order valence-electron chi connectivity index (χ3n) is 3.91. The third-order valence-corrected chi connectivity index (χ3v) is 3.91. The molecule has 1 aliphatic rings. The van der Waals surface area contributed by atoms with Gasteiger partial charge in [-0.2, -0.15) is 0 Å². The van der Waals surface area contributed by atoms with Gasteiger partial charge in [-0.15, -0.1) is 0 Å². The Morgan fingerprint density at radius 2 is 1.94 bits per heavy atom. The Bertz CT molecular complexity index is 238. The maximum absolute atomic E-state index is 6.06. The van der Waals surface area contributed by atoms with Crippen LogP contribution >= 0.6 is 0 Å². The van der Waals surface area contributed by atoms with E-state index in [1.807, 2.05) is 0 Å². The van der Waals surface area contributed by atoms with Crippen molar-refractivity contribution >= 4 is 0 Å². The van der Waals surface area contributed by atoms with Gasteiger partial charge in [-0.25, -0.2) is 0 Å². The molecule has 3 N–H and O–H groups in total. The van der Waals surface area contributed by atoms with Gasteiger partial charge in [0, 0.05) is 25.2 Å². The summed E-state index contributed by atoms with van der Waals surface area (Å²) in [6, 6.07) is 0. The van der Waals surface area contributed by atoms with Gasteiger partial charge in [-0.3, -0.25) is 0 Å². The smallest absolute Gasteiger partial charge is 0.0312 e. The summed E-state index contributed by atoms with van der Waals surface area (Å²) in [6.07, 6.45) is 3.75. The van der Waals surface area contributed by atoms with E-state index >= 15 is 0 Å². The molecule has 3 nitrogen and oxygen atoms in total. The van der Waals surface area contributed by atoms with Crippen molar-refractivity contribution in [2.75, 3.05) is 33.7 Å². The molecule has 3 heteroatoms. The molecule has 102 valence electrons. The van der Waals surface area contributed by atoms with Gasteiger partial charge in [0.05, 0.1) is 0 Å². The van der Waals surface area contributed by atoms with Crippen LogP contribution in [0.2, 0.25) is 0 Å². The molecule has 0 aliphatic heterocycles. The fourth-order valence-corrected chi connectivity index (χ4v) is 3.65. The molecule has 1 aliphatic carbocycles. The highest BCUT2D eigenvalue weighted by Gasteiger charge is 2.41. The Kier molecular flexibility index (Phi) is 4.99. The minimum absolute atomic E-state index is 0.164. The van der Waals surface area contributed by atoms with Gasteiger partial charge in [0.25, 0.3) is 0 Å². The minimum atomic E-state index is 0.164. The van der Waals surface area contributed by atoms with Crippen molar-refractivity contribution in [1.29, 1.82) is 0 Å². The molecule has 0 saturated heterocycles. The monoisotopic (exact) mass is 241 g/mol. The average Bonchev–Trinajstić information content (AvgIpc) is 2.13. The lowest BCUT2D eigenvalue weighted by Gasteiger charge is -2.48. The molecular weight excluding hydrogens is 210 g/mol. The SMILES string of the molecule is CC1CC(C)(C)CC(CN)(NCCN(C)C)C1. The fraction of sp³-hybridized carbons (Fsp3) is 1.00. The van der Waals surface area contributed by atoms with Crippen LogP contribution < -0.4 is 11.1 Å². The molecule has 17 heavy (non-hydrogen) atoms. The summed E-state index contributed by atoms with van der Waals surface area (Å²) < 4.78 is 0. The number of hydrogen-bond acceptors (Lipinski definition) is 3. The summed E-state index contributed by atoms with van der Waals surface area (Å²) in [6.45, 7) is 9.98. The summed E-state index contributed by atoms with van der Waals surface area (Å²) >= 11 is 0. The second kappa shape index (κ2) is 5.68. The lowest BCUT2D eigenvalue weighted by atomic mass is 9.64. The lowest BCUT2D eigenvalue weighted by Crippen LogP contribution is -2.58. The van der Waals surface area contributed by atoms with Gasteiger partial charge < -0.3 is 16.0 Å². The second-order valence-electron chi connectivity index (χ2n) is 7.07. The van der Waals surface area contributed by atoms with Crippen molar-refractivity contribution in [3.8, 4) is 0 Å². The Labute approximate surface area is 107 Å². The van der Waals surface area contributed by atoms with E-state index < -0.39 is 0 Å². The van der Waals surface area contributed by atoms with E-state index in [0.717, 1.165) is 25.6 Å². The van der Waals surface area contributed by atoms with Crippen molar-refractivity contribution in [2.45, 2.75) is 45.6 Å². The van der Waals surface area contributed by atoms with E-state index in [4.69, 9.17) is 5.73 Å². The van der Waals surface area contributed by atoms with Crippen LogP contribution in [0.5, 0.6) is 0 Å². The van der Waals surface area contributed by atoms with Gasteiger partial charge in [0.1, 0.15) is 0 Å². The molecular formula is C14H31N3. The predicted octanol–water partition coefficient (Wildman–Crippen LogP) is 1.68. The summed E-state index contributed by atoms with van der Waals surface area (Å²) in [7, 11) is 4.23. The van der Waals surface area contributed by atoms with Crippen LogP contribution in [-0.2, 0) is 0 Å². The van der Waals surface area contributed by atoms with Gasteiger partial charge in [0.2, 0.25) is 0 Å². The third kappa shape index (κ3) is 4.57. The zero-order valence-electron chi connectivity index (χ0n) is 12.3. The van der Waals surface area contributed by atoms with Gasteiger partial charge >= 0.3 is 0 Å². The molecule has 0 spiro atoms. The fourth-order valence-electron chi connectivity index (χ4n) is 3.65. The van der Waals surface area contributed by atoms with E-state index in [1.165, 1.54) is 19.3 Å². The highest BCUT2D eigenvalue weighted by atomic mass is 15.1. The molecule has 1 fully saturated rings. The molecule has 0 amide bonds. The average molecular weight is 241 g/mol. The van der Waals surface area contributed by atoms with Gasteiger partial charge in [-0.05, 0) is 44.7 Å². The van der Waals surface area contributed by atoms with Crippen LogP contribution in [0.4, 0.5) is 0 Å². The molecule has 2 atom stereocenters. The standard InChI is InChI=1S/C14H31N3/c1-12-8-13(2,3)10-14(9-12,11-15)16-6-7-17(4)5/h12,16H,6-11,15H2,1-5H3. The van der Waals surface area contributed by atoms with Crippen LogP contribution in [0.15, 0.2) is 0 Å². The first-order valence-electron chi connectivity index (χ1n) is 6.88. The largest absolute Gasteiger partial charge is 0.329 e. The molecule has 0 heterocycles. The summed E-state index contributed by atoms with van der Waals surface area (Å²) in [5, 5.41) is 3.74. The molecule has 2 unspecified atom stereocenters. The topological polar surface area (TPSA) is 41.3 Å². The van der Waals surface area contributed by atoms with Crippen LogP contribution in [0.1, 0.15) is 40.0 Å². The van der Waals surface area contributed by atoms with E-state index in [2.05, 4.69) is 45.1 Å². The van der Waals surface area contributed by atoms with Crippen molar-refractivity contribution in [1.82, 2.24) is 10.2 Å². The van der Waals surface area contributed by atoms with Crippen molar-refractivity contribution in [3.63, 3.8) is 0 Å². The molecule has 0 radical (unpaired) electrons. The number of nitrogens with zero attached hydrogens (tertiary/aromatic N) is 1. The van der Waals surface area contributed by atoms with Crippen LogP contribution in [-0.4, -0.2) is 44.2 Å². The first kappa shape index (κ1) is 14.9. The maximum atomic E-state index is 6.06. The Balaban J connectivity index is 2.60.